The van der Waals surface area contributed by atoms with Crippen LogP contribution in [0.4, 0.5) is 5.69 Å². The Kier molecular flexibility index (Phi) is 5.73. The van der Waals surface area contributed by atoms with Crippen LogP contribution < -0.4 is 10.1 Å². The topological polar surface area (TPSA) is 81.9 Å². The van der Waals surface area contributed by atoms with Crippen molar-refractivity contribution in [3.8, 4) is 11.4 Å². The third-order valence-electron chi connectivity index (χ3n) is 4.58. The van der Waals surface area contributed by atoms with Crippen LogP contribution in [-0.4, -0.2) is 32.7 Å². The fraction of sp³-hybridized carbons (Fsp3) is 0.333. The zero-order valence-electron chi connectivity index (χ0n) is 16.9. The minimum Gasteiger partial charge on any atom is -0.484 e. The Morgan fingerprint density at radius 2 is 1.89 bits per heavy atom. The first-order valence-electron chi connectivity index (χ1n) is 9.24. The fourth-order valence-corrected chi connectivity index (χ4v) is 3.10. The van der Waals surface area contributed by atoms with E-state index in [9.17, 15) is 4.79 Å². The number of rotatable bonds is 6. The summed E-state index contributed by atoms with van der Waals surface area (Å²) in [7, 11) is 0. The minimum absolute atomic E-state index is 0.0619. The van der Waals surface area contributed by atoms with Crippen molar-refractivity contribution in [3.63, 3.8) is 0 Å². The third-order valence-corrected chi connectivity index (χ3v) is 4.58. The molecular formula is C21H25N5O2. The molecule has 1 amide bonds. The molecule has 0 saturated heterocycles. The average molecular weight is 379 g/mol. The van der Waals surface area contributed by atoms with Crippen molar-refractivity contribution < 1.29 is 9.53 Å². The Hall–Kier alpha value is -3.22. The number of carbonyl (C=O) groups is 1. The van der Waals surface area contributed by atoms with E-state index in [1.807, 2.05) is 50.2 Å². The normalized spacial score (nSPS) is 10.9. The number of ether oxygens (including phenoxy) is 1. The van der Waals surface area contributed by atoms with Crippen LogP contribution in [0.1, 0.15) is 42.3 Å². The second-order valence-corrected chi connectivity index (χ2v) is 7.15. The highest BCUT2D eigenvalue weighted by molar-refractivity contribution is 5.92. The molecule has 0 saturated carbocycles. The molecule has 1 aromatic heterocycles. The zero-order valence-corrected chi connectivity index (χ0v) is 16.9. The van der Waals surface area contributed by atoms with Crippen molar-refractivity contribution >= 4 is 11.6 Å². The van der Waals surface area contributed by atoms with Crippen LogP contribution in [-0.2, 0) is 4.79 Å². The lowest BCUT2D eigenvalue weighted by Crippen LogP contribution is -2.20. The molecule has 2 aromatic carbocycles. The number of carbonyl (C=O) groups excluding carboxylic acids is 1. The predicted molar refractivity (Wildman–Crippen MR) is 108 cm³/mol. The van der Waals surface area contributed by atoms with Crippen LogP contribution in [0.25, 0.3) is 5.69 Å². The molecule has 146 valence electrons. The van der Waals surface area contributed by atoms with E-state index in [-0.39, 0.29) is 12.5 Å². The molecular weight excluding hydrogens is 354 g/mol. The van der Waals surface area contributed by atoms with Gasteiger partial charge in [-0.25, -0.2) is 0 Å². The number of amides is 1. The molecule has 0 aliphatic rings. The van der Waals surface area contributed by atoms with E-state index >= 15 is 0 Å². The Labute approximate surface area is 164 Å². The molecule has 1 N–H and O–H groups in total. The van der Waals surface area contributed by atoms with Crippen LogP contribution in [0.2, 0.25) is 0 Å². The van der Waals surface area contributed by atoms with Gasteiger partial charge in [0.1, 0.15) is 5.75 Å². The second kappa shape index (κ2) is 8.21. The van der Waals surface area contributed by atoms with Gasteiger partial charge in [0.15, 0.2) is 12.4 Å². The third kappa shape index (κ3) is 4.36. The highest BCUT2D eigenvalue weighted by atomic mass is 16.5. The van der Waals surface area contributed by atoms with Crippen LogP contribution in [0.15, 0.2) is 36.4 Å². The molecule has 28 heavy (non-hydrogen) atoms. The van der Waals surface area contributed by atoms with Crippen LogP contribution in [0, 0.1) is 20.8 Å². The van der Waals surface area contributed by atoms with Gasteiger partial charge in [0.25, 0.3) is 5.91 Å². The van der Waals surface area contributed by atoms with E-state index in [0.717, 1.165) is 16.8 Å². The van der Waals surface area contributed by atoms with E-state index in [0.29, 0.717) is 23.2 Å². The molecule has 0 bridgehead atoms. The van der Waals surface area contributed by atoms with Gasteiger partial charge in [-0.15, -0.1) is 5.10 Å². The number of aryl methyl sites for hydroxylation is 3. The van der Waals surface area contributed by atoms with E-state index in [2.05, 4.69) is 41.6 Å². The molecule has 0 radical (unpaired) electrons. The maximum atomic E-state index is 12.3. The summed E-state index contributed by atoms with van der Waals surface area (Å²) in [4.78, 5) is 12.3. The van der Waals surface area contributed by atoms with Gasteiger partial charge in [0.2, 0.25) is 0 Å². The number of nitrogens with one attached hydrogen (secondary N) is 1. The molecule has 0 atom stereocenters. The number of benzene rings is 2. The quantitative estimate of drug-likeness (QED) is 0.706. The van der Waals surface area contributed by atoms with Gasteiger partial charge in [0.05, 0.1) is 5.69 Å². The van der Waals surface area contributed by atoms with Gasteiger partial charge in [0, 0.05) is 5.69 Å². The van der Waals surface area contributed by atoms with Gasteiger partial charge in [-0.3, -0.25) is 4.79 Å². The molecule has 0 unspecified atom stereocenters. The molecule has 0 spiro atoms. The number of anilines is 1. The molecule has 0 aliphatic carbocycles. The van der Waals surface area contributed by atoms with Gasteiger partial charge in [-0.05, 0) is 78.1 Å². The van der Waals surface area contributed by atoms with E-state index in [4.69, 9.17) is 4.74 Å². The Morgan fingerprint density at radius 3 is 2.54 bits per heavy atom. The van der Waals surface area contributed by atoms with Crippen LogP contribution in [0.5, 0.6) is 5.75 Å². The summed E-state index contributed by atoms with van der Waals surface area (Å²) in [6.07, 6.45) is 0. The maximum absolute atomic E-state index is 12.3. The standard InChI is InChI=1S/C21H25N5O2/c1-13(2)19-9-8-18(10-15(19)4)28-12-21(27)22-17-7-6-14(3)20(11-17)26-16(5)23-24-25-26/h6-11,13H,12H2,1-5H3,(H,22,27). The molecule has 1 heterocycles. The van der Waals surface area contributed by atoms with Gasteiger partial charge in [-0.1, -0.05) is 26.0 Å². The first-order chi connectivity index (χ1) is 13.3. The highest BCUT2D eigenvalue weighted by Gasteiger charge is 2.11. The fourth-order valence-electron chi connectivity index (χ4n) is 3.10. The van der Waals surface area contributed by atoms with E-state index in [1.165, 1.54) is 5.56 Å². The summed E-state index contributed by atoms with van der Waals surface area (Å²) in [6.45, 7) is 10.1. The summed E-state index contributed by atoms with van der Waals surface area (Å²) < 4.78 is 7.29. The van der Waals surface area contributed by atoms with Crippen molar-refractivity contribution in [2.24, 2.45) is 0 Å². The minimum atomic E-state index is -0.228. The van der Waals surface area contributed by atoms with Crippen molar-refractivity contribution in [1.29, 1.82) is 0 Å². The predicted octanol–water partition coefficient (Wildman–Crippen LogP) is 3.73. The lowest BCUT2D eigenvalue weighted by molar-refractivity contribution is -0.118. The van der Waals surface area contributed by atoms with Gasteiger partial charge in [-0.2, -0.15) is 4.68 Å². The Bertz CT molecular complexity index is 994. The molecule has 0 aliphatic heterocycles. The average Bonchev–Trinajstić information content (AvgIpc) is 3.07. The summed E-state index contributed by atoms with van der Waals surface area (Å²) >= 11 is 0. The summed E-state index contributed by atoms with van der Waals surface area (Å²) in [6, 6.07) is 11.5. The van der Waals surface area contributed by atoms with E-state index in [1.54, 1.807) is 4.68 Å². The van der Waals surface area contributed by atoms with Crippen molar-refractivity contribution in [2.45, 2.75) is 40.5 Å². The summed E-state index contributed by atoms with van der Waals surface area (Å²) in [5.74, 6) is 1.59. The van der Waals surface area contributed by atoms with Crippen molar-refractivity contribution in [3.05, 3.63) is 58.9 Å². The Morgan fingerprint density at radius 1 is 1.11 bits per heavy atom. The molecule has 7 heteroatoms. The highest BCUT2D eigenvalue weighted by Crippen LogP contribution is 2.24. The number of tetrazole rings is 1. The van der Waals surface area contributed by atoms with Crippen molar-refractivity contribution in [2.75, 3.05) is 11.9 Å². The van der Waals surface area contributed by atoms with Crippen LogP contribution >= 0.6 is 0 Å². The zero-order chi connectivity index (χ0) is 20.3. The summed E-state index contributed by atoms with van der Waals surface area (Å²) in [5.41, 5.74) is 4.93. The number of hydrogen-bond acceptors (Lipinski definition) is 5. The van der Waals surface area contributed by atoms with Gasteiger partial charge >= 0.3 is 0 Å². The molecule has 3 rings (SSSR count). The van der Waals surface area contributed by atoms with E-state index < -0.39 is 0 Å². The molecule has 7 nitrogen and oxygen atoms in total. The number of nitrogens with zero attached hydrogens (tertiary/aromatic N) is 4. The van der Waals surface area contributed by atoms with Gasteiger partial charge < -0.3 is 10.1 Å². The van der Waals surface area contributed by atoms with Crippen molar-refractivity contribution in [1.82, 2.24) is 20.2 Å². The first kappa shape index (κ1) is 19.5. The number of hydrogen-bond donors (Lipinski definition) is 1. The molecule has 0 fully saturated rings. The lowest BCUT2D eigenvalue weighted by Gasteiger charge is -2.13. The smallest absolute Gasteiger partial charge is 0.262 e. The Balaban J connectivity index is 1.66. The van der Waals surface area contributed by atoms with Crippen LogP contribution in [0.3, 0.4) is 0 Å². The monoisotopic (exact) mass is 379 g/mol. The SMILES string of the molecule is Cc1cc(OCC(=O)Nc2ccc(C)c(-n3nnnc3C)c2)ccc1C(C)C. The second-order valence-electron chi connectivity index (χ2n) is 7.15. The first-order valence-corrected chi connectivity index (χ1v) is 9.24. The maximum Gasteiger partial charge on any atom is 0.262 e. The molecule has 3 aromatic rings. The largest absolute Gasteiger partial charge is 0.484 e. The number of aromatic nitrogens is 4. The summed E-state index contributed by atoms with van der Waals surface area (Å²) in [5, 5.41) is 14.4. The lowest BCUT2D eigenvalue weighted by atomic mass is 9.98.